The van der Waals surface area contributed by atoms with Gasteiger partial charge in [-0.2, -0.15) is 4.39 Å². The summed E-state index contributed by atoms with van der Waals surface area (Å²) >= 11 is 0. The van der Waals surface area contributed by atoms with Gasteiger partial charge in [-0.1, -0.05) is 0 Å². The van der Waals surface area contributed by atoms with Crippen LogP contribution in [0.4, 0.5) is 10.1 Å². The van der Waals surface area contributed by atoms with E-state index in [4.69, 9.17) is 0 Å². The second kappa shape index (κ2) is 6.04. The van der Waals surface area contributed by atoms with Gasteiger partial charge in [0.15, 0.2) is 0 Å². The quantitative estimate of drug-likeness (QED) is 0.478. The minimum atomic E-state index is -3.94. The number of sulfonamides is 1. The molecule has 1 N–H and O–H groups in total. The van der Waals surface area contributed by atoms with Crippen molar-refractivity contribution in [2.75, 3.05) is 20.3 Å². The van der Waals surface area contributed by atoms with Gasteiger partial charge in [-0.15, -0.1) is 0 Å². The van der Waals surface area contributed by atoms with Crippen LogP contribution in [0.15, 0.2) is 17.0 Å². The van der Waals surface area contributed by atoms with Crippen LogP contribution in [-0.4, -0.2) is 33.6 Å². The van der Waals surface area contributed by atoms with Gasteiger partial charge in [0.05, 0.1) is 16.4 Å². The van der Waals surface area contributed by atoms with Gasteiger partial charge in [0.25, 0.3) is 0 Å². The third-order valence-electron chi connectivity index (χ3n) is 2.33. The summed E-state index contributed by atoms with van der Waals surface area (Å²) in [6, 6.07) is 1.53. The molecule has 0 amide bonds. The highest BCUT2D eigenvalue weighted by Crippen LogP contribution is 2.25. The lowest BCUT2D eigenvalue weighted by Crippen LogP contribution is -2.27. The molecule has 106 valence electrons. The second-order valence-electron chi connectivity index (χ2n) is 3.72. The molecule has 19 heavy (non-hydrogen) atoms. The average molecular weight is 292 g/mol. The minimum absolute atomic E-state index is 0.0173. The minimum Gasteiger partial charge on any atom is -0.383 e. The van der Waals surface area contributed by atoms with Crippen molar-refractivity contribution in [3.05, 3.63) is 33.6 Å². The Labute approximate surface area is 109 Å². The SMILES string of the molecule is COCCNS(=O)(=O)c1cc([N+](=O)[O-])c(F)cc1C. The van der Waals surface area contributed by atoms with Crippen LogP contribution in [-0.2, 0) is 14.8 Å². The molecule has 1 rings (SSSR count). The molecule has 0 heterocycles. The molecule has 7 nitrogen and oxygen atoms in total. The molecule has 0 saturated carbocycles. The number of hydrogen-bond donors (Lipinski definition) is 1. The Morgan fingerprint density at radius 3 is 2.63 bits per heavy atom. The molecule has 0 aliphatic rings. The van der Waals surface area contributed by atoms with Crippen molar-refractivity contribution >= 4 is 15.7 Å². The average Bonchev–Trinajstić information content (AvgIpc) is 2.28. The predicted octanol–water partition coefficient (Wildman–Crippen LogP) is 0.967. The van der Waals surface area contributed by atoms with E-state index >= 15 is 0 Å². The van der Waals surface area contributed by atoms with Gasteiger partial charge < -0.3 is 4.74 Å². The van der Waals surface area contributed by atoms with Crippen molar-refractivity contribution in [1.82, 2.24) is 4.72 Å². The lowest BCUT2D eigenvalue weighted by Gasteiger charge is -2.09. The molecule has 0 radical (unpaired) electrons. The lowest BCUT2D eigenvalue weighted by atomic mass is 10.2. The van der Waals surface area contributed by atoms with Crippen LogP contribution in [0.3, 0.4) is 0 Å². The van der Waals surface area contributed by atoms with Crippen LogP contribution < -0.4 is 4.72 Å². The number of aryl methyl sites for hydroxylation is 1. The summed E-state index contributed by atoms with van der Waals surface area (Å²) in [5.74, 6) is -1.07. The van der Waals surface area contributed by atoms with Crippen LogP contribution in [0, 0.1) is 22.9 Å². The first-order valence-electron chi connectivity index (χ1n) is 5.22. The van der Waals surface area contributed by atoms with Crippen molar-refractivity contribution in [3.8, 4) is 0 Å². The topological polar surface area (TPSA) is 98.5 Å². The molecule has 0 unspecified atom stereocenters. The molecule has 1 aromatic rings. The number of rotatable bonds is 6. The van der Waals surface area contributed by atoms with Crippen molar-refractivity contribution in [3.63, 3.8) is 0 Å². The maximum atomic E-state index is 13.3. The van der Waals surface area contributed by atoms with E-state index in [1.807, 2.05) is 0 Å². The number of hydrogen-bond acceptors (Lipinski definition) is 5. The van der Waals surface area contributed by atoms with E-state index in [1.165, 1.54) is 14.0 Å². The smallest absolute Gasteiger partial charge is 0.306 e. The number of ether oxygens (including phenoxy) is 1. The molecule has 9 heteroatoms. The molecule has 1 aromatic carbocycles. The van der Waals surface area contributed by atoms with Crippen LogP contribution in [0.1, 0.15) is 5.56 Å². The Hall–Kier alpha value is -1.58. The van der Waals surface area contributed by atoms with Crippen LogP contribution in [0.5, 0.6) is 0 Å². The Morgan fingerprint density at radius 1 is 1.47 bits per heavy atom. The number of methoxy groups -OCH3 is 1. The van der Waals surface area contributed by atoms with Gasteiger partial charge >= 0.3 is 5.69 Å². The number of nitrogens with zero attached hydrogens (tertiary/aromatic N) is 1. The molecule has 0 aliphatic carbocycles. The summed E-state index contributed by atoms with van der Waals surface area (Å²) in [6.45, 7) is 1.53. The Morgan fingerprint density at radius 2 is 2.11 bits per heavy atom. The molecule has 0 saturated heterocycles. The summed E-state index contributed by atoms with van der Waals surface area (Å²) in [6.07, 6.45) is 0. The zero-order valence-corrected chi connectivity index (χ0v) is 11.2. The Bertz CT molecular complexity index is 588. The largest absolute Gasteiger partial charge is 0.383 e. The van der Waals surface area contributed by atoms with E-state index in [0.717, 1.165) is 6.07 Å². The van der Waals surface area contributed by atoms with Gasteiger partial charge in [0.2, 0.25) is 15.8 Å². The standard InChI is InChI=1S/C10H13FN2O5S/c1-7-5-8(11)9(13(14)15)6-10(7)19(16,17)12-3-4-18-2/h5-6,12H,3-4H2,1-2H3. The molecule has 0 aliphatic heterocycles. The first kappa shape index (κ1) is 15.5. The Balaban J connectivity index is 3.19. The number of benzene rings is 1. The lowest BCUT2D eigenvalue weighted by molar-refractivity contribution is -0.387. The first-order chi connectivity index (χ1) is 8.79. The highest BCUT2D eigenvalue weighted by Gasteiger charge is 2.23. The molecule has 0 bridgehead atoms. The fraction of sp³-hybridized carbons (Fsp3) is 0.400. The second-order valence-corrected chi connectivity index (χ2v) is 5.45. The number of halogens is 1. The Kier molecular flexibility index (Phi) is 4.92. The van der Waals surface area contributed by atoms with Gasteiger partial charge in [-0.25, -0.2) is 13.1 Å². The number of nitrogens with one attached hydrogen (secondary N) is 1. The van der Waals surface area contributed by atoms with Crippen molar-refractivity contribution in [2.45, 2.75) is 11.8 Å². The van der Waals surface area contributed by atoms with Gasteiger partial charge in [-0.05, 0) is 18.6 Å². The van der Waals surface area contributed by atoms with Crippen LogP contribution in [0.25, 0.3) is 0 Å². The summed E-state index contributed by atoms with van der Waals surface area (Å²) in [5.41, 5.74) is -0.786. The van der Waals surface area contributed by atoms with Crippen molar-refractivity contribution in [2.24, 2.45) is 0 Å². The fourth-order valence-electron chi connectivity index (χ4n) is 1.43. The third-order valence-corrected chi connectivity index (χ3v) is 3.93. The van der Waals surface area contributed by atoms with Gasteiger partial charge in [0, 0.05) is 19.7 Å². The zero-order valence-electron chi connectivity index (χ0n) is 10.3. The van der Waals surface area contributed by atoms with Crippen LogP contribution >= 0.6 is 0 Å². The summed E-state index contributed by atoms with van der Waals surface area (Å²) in [7, 11) is -2.53. The molecular formula is C10H13FN2O5S. The van der Waals surface area contributed by atoms with Gasteiger partial charge in [-0.3, -0.25) is 10.1 Å². The van der Waals surface area contributed by atoms with E-state index in [2.05, 4.69) is 9.46 Å². The first-order valence-corrected chi connectivity index (χ1v) is 6.71. The maximum absolute atomic E-state index is 13.3. The fourth-order valence-corrected chi connectivity index (χ4v) is 2.68. The van der Waals surface area contributed by atoms with Gasteiger partial charge in [0.1, 0.15) is 0 Å². The summed E-state index contributed by atoms with van der Waals surface area (Å²) < 4.78 is 44.0. The highest BCUT2D eigenvalue weighted by atomic mass is 32.2. The van der Waals surface area contributed by atoms with E-state index in [1.54, 1.807) is 0 Å². The third kappa shape index (κ3) is 3.69. The number of nitro groups is 1. The predicted molar refractivity (Wildman–Crippen MR) is 64.9 cm³/mol. The van der Waals surface area contributed by atoms with E-state index in [-0.39, 0.29) is 23.6 Å². The summed E-state index contributed by atoms with van der Waals surface area (Å²) in [4.78, 5) is 9.31. The summed E-state index contributed by atoms with van der Waals surface area (Å²) in [5, 5.41) is 10.6. The van der Waals surface area contributed by atoms with Crippen LogP contribution in [0.2, 0.25) is 0 Å². The molecule has 0 spiro atoms. The van der Waals surface area contributed by atoms with Crippen molar-refractivity contribution < 1.29 is 22.5 Å². The molecule has 0 fully saturated rings. The van der Waals surface area contributed by atoms with Crippen molar-refractivity contribution in [1.29, 1.82) is 0 Å². The maximum Gasteiger partial charge on any atom is 0.306 e. The monoisotopic (exact) mass is 292 g/mol. The van der Waals surface area contributed by atoms with E-state index in [0.29, 0.717) is 6.07 Å². The molecular weight excluding hydrogens is 279 g/mol. The number of nitro benzene ring substituents is 1. The highest BCUT2D eigenvalue weighted by molar-refractivity contribution is 7.89. The zero-order chi connectivity index (χ0) is 14.6. The van der Waals surface area contributed by atoms with E-state index in [9.17, 15) is 22.9 Å². The molecule has 0 atom stereocenters. The normalized spacial score (nSPS) is 11.5. The van der Waals surface area contributed by atoms with E-state index < -0.39 is 26.5 Å². The molecule has 0 aromatic heterocycles.